The summed E-state index contributed by atoms with van der Waals surface area (Å²) < 4.78 is 11.0. The van der Waals surface area contributed by atoms with E-state index in [4.69, 9.17) is 9.47 Å². The van der Waals surface area contributed by atoms with Crippen molar-refractivity contribution >= 4 is 17.4 Å². The Kier molecular flexibility index (Phi) is 7.26. The van der Waals surface area contributed by atoms with Gasteiger partial charge in [0.25, 0.3) is 11.7 Å². The summed E-state index contributed by atoms with van der Waals surface area (Å²) in [5.41, 5.74) is 1.89. The third-order valence-electron chi connectivity index (χ3n) is 5.62. The number of ether oxygens (including phenoxy) is 2. The lowest BCUT2D eigenvalue weighted by atomic mass is 9.95. The first-order valence-corrected chi connectivity index (χ1v) is 11.3. The monoisotopic (exact) mass is 470 g/mol. The summed E-state index contributed by atoms with van der Waals surface area (Å²) in [7, 11) is 0. The number of benzene rings is 2. The highest BCUT2D eigenvalue weighted by Crippen LogP contribution is 2.40. The van der Waals surface area contributed by atoms with Crippen LogP contribution in [-0.2, 0) is 16.1 Å². The van der Waals surface area contributed by atoms with E-state index in [2.05, 4.69) is 11.6 Å². The number of carbonyl (C=O) groups excluding carboxylic acids is 2. The summed E-state index contributed by atoms with van der Waals surface area (Å²) >= 11 is 0. The molecule has 2 aromatic carbocycles. The zero-order valence-corrected chi connectivity index (χ0v) is 19.4. The van der Waals surface area contributed by atoms with E-state index in [0.717, 1.165) is 5.56 Å². The molecule has 7 heteroatoms. The van der Waals surface area contributed by atoms with E-state index in [-0.39, 0.29) is 17.9 Å². The zero-order valence-electron chi connectivity index (χ0n) is 19.4. The van der Waals surface area contributed by atoms with Gasteiger partial charge in [-0.15, -0.1) is 0 Å². The second-order valence-corrected chi connectivity index (χ2v) is 7.91. The largest absolute Gasteiger partial charge is 0.507 e. The molecule has 7 nitrogen and oxygen atoms in total. The Balaban J connectivity index is 1.78. The van der Waals surface area contributed by atoms with Crippen LogP contribution in [0.2, 0.25) is 0 Å². The van der Waals surface area contributed by atoms with Gasteiger partial charge in [-0.1, -0.05) is 30.9 Å². The van der Waals surface area contributed by atoms with E-state index >= 15 is 0 Å². The van der Waals surface area contributed by atoms with Crippen LogP contribution < -0.4 is 9.47 Å². The Morgan fingerprint density at radius 2 is 1.74 bits per heavy atom. The Morgan fingerprint density at radius 1 is 1.06 bits per heavy atom. The number of likely N-dealkylation sites (tertiary alicyclic amines) is 1. The van der Waals surface area contributed by atoms with Gasteiger partial charge >= 0.3 is 0 Å². The summed E-state index contributed by atoms with van der Waals surface area (Å²) in [6.45, 7) is 6.56. The molecule has 1 N–H and O–H groups in total. The molecule has 0 bridgehead atoms. The number of amides is 1. The summed E-state index contributed by atoms with van der Waals surface area (Å²) in [6.07, 6.45) is 4.94. The zero-order chi connectivity index (χ0) is 24.8. The minimum Gasteiger partial charge on any atom is -0.507 e. The quantitative estimate of drug-likeness (QED) is 0.212. The Morgan fingerprint density at radius 3 is 2.37 bits per heavy atom. The van der Waals surface area contributed by atoms with Gasteiger partial charge in [-0.3, -0.25) is 14.6 Å². The maximum Gasteiger partial charge on any atom is 0.295 e. The highest BCUT2D eigenvalue weighted by molar-refractivity contribution is 6.46. The topological polar surface area (TPSA) is 89.0 Å². The SMILES string of the molecule is C=CCOc1ccc(C2C(=C(O)c3ccc(OCC)cc3)C(=O)C(=O)N2Cc2cccnc2)cc1. The van der Waals surface area contributed by atoms with E-state index < -0.39 is 17.7 Å². The molecule has 0 aliphatic carbocycles. The van der Waals surface area contributed by atoms with Crippen LogP contribution in [0.15, 0.2) is 91.3 Å². The normalized spacial score (nSPS) is 16.8. The van der Waals surface area contributed by atoms with Gasteiger partial charge in [-0.25, -0.2) is 0 Å². The van der Waals surface area contributed by atoms with E-state index in [0.29, 0.717) is 35.8 Å². The summed E-state index contributed by atoms with van der Waals surface area (Å²) in [5.74, 6) is -0.384. The number of hydrogen-bond acceptors (Lipinski definition) is 6. The molecule has 1 aliphatic rings. The van der Waals surface area contributed by atoms with Crippen molar-refractivity contribution in [3.05, 3.63) is 108 Å². The molecule has 1 saturated heterocycles. The van der Waals surface area contributed by atoms with Gasteiger partial charge in [-0.2, -0.15) is 0 Å². The molecule has 2 heterocycles. The number of hydrogen-bond donors (Lipinski definition) is 1. The van der Waals surface area contributed by atoms with Crippen LogP contribution in [0.5, 0.6) is 11.5 Å². The third-order valence-corrected chi connectivity index (χ3v) is 5.62. The molecule has 1 fully saturated rings. The van der Waals surface area contributed by atoms with Crippen molar-refractivity contribution in [1.82, 2.24) is 9.88 Å². The Labute approximate surface area is 203 Å². The molecule has 0 spiro atoms. The standard InChI is InChI=1S/C28H26N2O5/c1-3-16-35-23-11-7-20(8-12-23)25-24(26(31)21-9-13-22(14-10-21)34-4-2)27(32)28(33)30(25)18-19-6-5-15-29-17-19/h3,5-15,17,25,31H,1,4,16,18H2,2H3. The number of carbonyl (C=O) groups is 2. The lowest BCUT2D eigenvalue weighted by Crippen LogP contribution is -2.29. The predicted octanol–water partition coefficient (Wildman–Crippen LogP) is 4.67. The number of rotatable bonds is 9. The number of nitrogens with zero attached hydrogens (tertiary/aromatic N) is 2. The first kappa shape index (κ1) is 23.8. The number of pyridine rings is 1. The average Bonchev–Trinajstić information content (AvgIpc) is 3.13. The molecule has 1 amide bonds. The van der Waals surface area contributed by atoms with Gasteiger partial charge in [0.2, 0.25) is 0 Å². The van der Waals surface area contributed by atoms with Crippen LogP contribution in [-0.4, -0.2) is 39.9 Å². The second kappa shape index (κ2) is 10.7. The van der Waals surface area contributed by atoms with Crippen LogP contribution >= 0.6 is 0 Å². The number of aliphatic hydroxyl groups excluding tert-OH is 1. The summed E-state index contributed by atoms with van der Waals surface area (Å²) in [6, 6.07) is 16.7. The van der Waals surface area contributed by atoms with Crippen LogP contribution in [0.4, 0.5) is 0 Å². The highest BCUT2D eigenvalue weighted by atomic mass is 16.5. The van der Waals surface area contributed by atoms with Crippen LogP contribution in [0, 0.1) is 0 Å². The summed E-state index contributed by atoms with van der Waals surface area (Å²) in [4.78, 5) is 31.9. The van der Waals surface area contributed by atoms with E-state index in [1.165, 1.54) is 4.90 Å². The maximum absolute atomic E-state index is 13.2. The molecule has 3 aromatic rings. The predicted molar refractivity (Wildman–Crippen MR) is 132 cm³/mol. The molecule has 1 aromatic heterocycles. The van der Waals surface area contributed by atoms with Gasteiger partial charge in [0, 0.05) is 24.5 Å². The summed E-state index contributed by atoms with van der Waals surface area (Å²) in [5, 5.41) is 11.2. The van der Waals surface area contributed by atoms with E-state index in [1.807, 2.05) is 13.0 Å². The third kappa shape index (κ3) is 5.09. The molecule has 1 unspecified atom stereocenters. The van der Waals surface area contributed by atoms with Crippen molar-refractivity contribution in [3.63, 3.8) is 0 Å². The smallest absolute Gasteiger partial charge is 0.295 e. The van der Waals surface area contributed by atoms with Crippen molar-refractivity contribution in [2.75, 3.05) is 13.2 Å². The number of Topliss-reactive ketones (excluding diaryl/α,β-unsaturated/α-hetero) is 1. The van der Waals surface area contributed by atoms with Crippen molar-refractivity contribution in [2.24, 2.45) is 0 Å². The average molecular weight is 471 g/mol. The van der Waals surface area contributed by atoms with Crippen molar-refractivity contribution in [2.45, 2.75) is 19.5 Å². The molecule has 4 rings (SSSR count). The lowest BCUT2D eigenvalue weighted by Gasteiger charge is -2.25. The van der Waals surface area contributed by atoms with Gasteiger partial charge < -0.3 is 19.5 Å². The van der Waals surface area contributed by atoms with Gasteiger partial charge in [0.05, 0.1) is 18.2 Å². The molecular weight excluding hydrogens is 444 g/mol. The van der Waals surface area contributed by atoms with Gasteiger partial charge in [-0.05, 0) is 60.5 Å². The lowest BCUT2D eigenvalue weighted by molar-refractivity contribution is -0.140. The maximum atomic E-state index is 13.2. The fraction of sp³-hybridized carbons (Fsp3) is 0.179. The molecule has 1 atom stereocenters. The first-order valence-electron chi connectivity index (χ1n) is 11.3. The van der Waals surface area contributed by atoms with Crippen molar-refractivity contribution in [3.8, 4) is 11.5 Å². The molecule has 0 radical (unpaired) electrons. The number of ketones is 1. The van der Waals surface area contributed by atoms with Gasteiger partial charge in [0.15, 0.2) is 0 Å². The Hall–Kier alpha value is -4.39. The second-order valence-electron chi connectivity index (χ2n) is 7.91. The molecule has 1 aliphatic heterocycles. The molecule has 0 saturated carbocycles. The number of aliphatic hydroxyl groups is 1. The minimum absolute atomic E-state index is 0.0304. The van der Waals surface area contributed by atoms with Crippen LogP contribution in [0.3, 0.4) is 0 Å². The minimum atomic E-state index is -0.782. The van der Waals surface area contributed by atoms with E-state index in [9.17, 15) is 14.7 Å². The first-order chi connectivity index (χ1) is 17.0. The molecular formula is C28H26N2O5. The highest BCUT2D eigenvalue weighted by Gasteiger charge is 2.46. The molecule has 35 heavy (non-hydrogen) atoms. The fourth-order valence-electron chi connectivity index (χ4n) is 4.01. The van der Waals surface area contributed by atoms with E-state index in [1.54, 1.807) is 73.1 Å². The van der Waals surface area contributed by atoms with Crippen LogP contribution in [0.1, 0.15) is 29.7 Å². The Bertz CT molecular complexity index is 1230. The van der Waals surface area contributed by atoms with Crippen LogP contribution in [0.25, 0.3) is 5.76 Å². The van der Waals surface area contributed by atoms with Gasteiger partial charge in [0.1, 0.15) is 23.9 Å². The van der Waals surface area contributed by atoms with Crippen molar-refractivity contribution < 1.29 is 24.2 Å². The fourth-order valence-corrected chi connectivity index (χ4v) is 4.01. The van der Waals surface area contributed by atoms with Crippen molar-refractivity contribution in [1.29, 1.82) is 0 Å². The number of aromatic nitrogens is 1. The molecule has 178 valence electrons.